The van der Waals surface area contributed by atoms with E-state index in [2.05, 4.69) is 12.7 Å². The van der Waals surface area contributed by atoms with Crippen LogP contribution in [0.15, 0.2) is 18.2 Å². The van der Waals surface area contributed by atoms with E-state index in [-0.39, 0.29) is 0 Å². The Labute approximate surface area is 96.6 Å². The Balaban J connectivity index is 0.000000606. The Morgan fingerprint density at radius 1 is 1.38 bits per heavy atom. The quantitative estimate of drug-likeness (QED) is 0.858. The lowest BCUT2D eigenvalue weighted by atomic mass is 10.0. The van der Waals surface area contributed by atoms with Crippen LogP contribution >= 0.6 is 0 Å². The van der Waals surface area contributed by atoms with Crippen molar-refractivity contribution in [3.63, 3.8) is 0 Å². The van der Waals surface area contributed by atoms with Gasteiger partial charge in [0.15, 0.2) is 0 Å². The van der Waals surface area contributed by atoms with Gasteiger partial charge in [-0.3, -0.25) is 0 Å². The molecule has 2 N–H and O–H groups in total. The van der Waals surface area contributed by atoms with E-state index in [1.165, 1.54) is 7.05 Å². The molecule has 0 spiro atoms. The zero-order valence-electron chi connectivity index (χ0n) is 10.2. The molecule has 2 nitrogen and oxygen atoms in total. The van der Waals surface area contributed by atoms with Gasteiger partial charge in [0.2, 0.25) is 0 Å². The van der Waals surface area contributed by atoms with E-state index in [9.17, 15) is 4.39 Å². The van der Waals surface area contributed by atoms with E-state index in [1.807, 2.05) is 18.2 Å². The Hall–Kier alpha value is -1.09. The highest BCUT2D eigenvalue weighted by molar-refractivity contribution is 5.41. The zero-order chi connectivity index (χ0) is 12.2. The molecule has 90 valence electrons. The first kappa shape index (κ1) is 13.0. The van der Waals surface area contributed by atoms with Crippen LogP contribution in [0.2, 0.25) is 0 Å². The van der Waals surface area contributed by atoms with Gasteiger partial charge in [0.25, 0.3) is 0 Å². The van der Waals surface area contributed by atoms with Crippen molar-refractivity contribution in [2.24, 2.45) is 5.73 Å². The van der Waals surface area contributed by atoms with E-state index in [4.69, 9.17) is 4.74 Å². The summed E-state index contributed by atoms with van der Waals surface area (Å²) in [6.45, 7) is 2.05. The van der Waals surface area contributed by atoms with E-state index < -0.39 is 5.67 Å². The van der Waals surface area contributed by atoms with Crippen molar-refractivity contribution >= 4 is 0 Å². The highest BCUT2D eigenvalue weighted by Crippen LogP contribution is 2.50. The number of ether oxygens (including phenoxy) is 1. The molecule has 0 heterocycles. The summed E-state index contributed by atoms with van der Waals surface area (Å²) in [5, 5.41) is 0. The summed E-state index contributed by atoms with van der Waals surface area (Å²) >= 11 is 0. The van der Waals surface area contributed by atoms with Crippen LogP contribution in [0.1, 0.15) is 30.9 Å². The lowest BCUT2D eigenvalue weighted by Crippen LogP contribution is -2.00. The van der Waals surface area contributed by atoms with Crippen molar-refractivity contribution in [3.05, 3.63) is 29.3 Å². The maximum absolute atomic E-state index is 13.7. The molecule has 0 radical (unpaired) electrons. The molecule has 16 heavy (non-hydrogen) atoms. The second-order valence-electron chi connectivity index (χ2n) is 3.85. The number of hydrogen-bond donors (Lipinski definition) is 1. The Bertz CT molecular complexity index is 348. The molecule has 0 aromatic heterocycles. The number of methoxy groups -OCH3 is 1. The van der Waals surface area contributed by atoms with Crippen molar-refractivity contribution in [3.8, 4) is 5.75 Å². The fourth-order valence-electron chi connectivity index (χ4n) is 1.73. The minimum Gasteiger partial charge on any atom is -0.496 e. The third-order valence-electron chi connectivity index (χ3n) is 2.87. The lowest BCUT2D eigenvalue weighted by molar-refractivity contribution is 0.316. The molecule has 0 amide bonds. The van der Waals surface area contributed by atoms with Gasteiger partial charge in [-0.25, -0.2) is 4.39 Å². The summed E-state index contributed by atoms with van der Waals surface area (Å²) in [6.07, 6.45) is 2.22. The number of hydrogen-bond acceptors (Lipinski definition) is 2. The molecule has 1 aromatic rings. The average molecular weight is 225 g/mol. The fraction of sp³-hybridized carbons (Fsp3) is 0.538. The van der Waals surface area contributed by atoms with Gasteiger partial charge >= 0.3 is 0 Å². The molecular formula is C13H20FNO. The van der Waals surface area contributed by atoms with Gasteiger partial charge in [-0.1, -0.05) is 13.0 Å². The van der Waals surface area contributed by atoms with Crippen molar-refractivity contribution < 1.29 is 9.13 Å². The summed E-state index contributed by atoms with van der Waals surface area (Å²) in [6, 6.07) is 5.64. The fourth-order valence-corrected chi connectivity index (χ4v) is 1.73. The van der Waals surface area contributed by atoms with Crippen LogP contribution < -0.4 is 10.5 Å². The molecule has 1 aromatic carbocycles. The largest absolute Gasteiger partial charge is 0.496 e. The Morgan fingerprint density at radius 3 is 2.44 bits per heavy atom. The first-order chi connectivity index (χ1) is 7.69. The normalized spacial score (nSPS) is 16.1. The topological polar surface area (TPSA) is 35.2 Å². The number of rotatable bonds is 3. The van der Waals surface area contributed by atoms with Gasteiger partial charge in [0.05, 0.1) is 7.11 Å². The van der Waals surface area contributed by atoms with Crippen molar-refractivity contribution in [2.45, 2.75) is 31.9 Å². The monoisotopic (exact) mass is 225 g/mol. The van der Waals surface area contributed by atoms with Crippen LogP contribution in [0.3, 0.4) is 0 Å². The maximum Gasteiger partial charge on any atom is 0.136 e. The maximum atomic E-state index is 13.7. The lowest BCUT2D eigenvalue weighted by Gasteiger charge is -2.11. The smallest absolute Gasteiger partial charge is 0.136 e. The van der Waals surface area contributed by atoms with E-state index in [1.54, 1.807) is 7.11 Å². The van der Waals surface area contributed by atoms with Gasteiger partial charge in [-0.05, 0) is 49.6 Å². The average Bonchev–Trinajstić information content (AvgIpc) is 3.10. The molecule has 0 unspecified atom stereocenters. The molecule has 0 bridgehead atoms. The second-order valence-corrected chi connectivity index (χ2v) is 3.85. The van der Waals surface area contributed by atoms with Crippen LogP contribution in [0, 0.1) is 0 Å². The highest BCUT2D eigenvalue weighted by atomic mass is 19.1. The summed E-state index contributed by atoms with van der Waals surface area (Å²) in [4.78, 5) is 0. The van der Waals surface area contributed by atoms with E-state index in [0.717, 1.165) is 23.3 Å². The van der Waals surface area contributed by atoms with Gasteiger partial charge in [-0.15, -0.1) is 0 Å². The van der Waals surface area contributed by atoms with Gasteiger partial charge in [0, 0.05) is 0 Å². The van der Waals surface area contributed by atoms with Crippen LogP contribution in [0.25, 0.3) is 0 Å². The van der Waals surface area contributed by atoms with E-state index in [0.29, 0.717) is 12.8 Å². The van der Waals surface area contributed by atoms with E-state index >= 15 is 0 Å². The number of alkyl halides is 1. The molecule has 0 aliphatic heterocycles. The molecule has 0 saturated heterocycles. The van der Waals surface area contributed by atoms with Gasteiger partial charge in [-0.2, -0.15) is 0 Å². The number of halogens is 1. The predicted molar refractivity (Wildman–Crippen MR) is 64.5 cm³/mol. The minimum absolute atomic E-state index is 0.669. The number of aryl methyl sites for hydroxylation is 1. The SMILES string of the molecule is CCc1cc(C2(F)CC2)ccc1OC.CN. The number of benzene rings is 1. The summed E-state index contributed by atoms with van der Waals surface area (Å²) in [5.41, 5.74) is 5.37. The molecule has 1 aliphatic rings. The molecule has 1 aliphatic carbocycles. The summed E-state index contributed by atoms with van der Waals surface area (Å²) in [5.74, 6) is 0.862. The van der Waals surface area contributed by atoms with Gasteiger partial charge in [0.1, 0.15) is 11.4 Å². The molecule has 3 heteroatoms. The van der Waals surface area contributed by atoms with Crippen LogP contribution in [0.4, 0.5) is 4.39 Å². The van der Waals surface area contributed by atoms with Crippen LogP contribution in [-0.4, -0.2) is 14.2 Å². The number of nitrogens with two attached hydrogens (primary N) is 1. The Morgan fingerprint density at radius 2 is 2.00 bits per heavy atom. The minimum atomic E-state index is -1.03. The van der Waals surface area contributed by atoms with Gasteiger partial charge < -0.3 is 10.5 Å². The van der Waals surface area contributed by atoms with Crippen molar-refractivity contribution in [1.82, 2.24) is 0 Å². The Kier molecular flexibility index (Phi) is 4.30. The highest BCUT2D eigenvalue weighted by Gasteiger charge is 2.45. The van der Waals surface area contributed by atoms with Crippen LogP contribution in [0.5, 0.6) is 5.75 Å². The molecule has 1 saturated carbocycles. The second kappa shape index (κ2) is 5.30. The third-order valence-corrected chi connectivity index (χ3v) is 2.87. The summed E-state index contributed by atoms with van der Waals surface area (Å²) in [7, 11) is 3.15. The van der Waals surface area contributed by atoms with Crippen molar-refractivity contribution in [2.75, 3.05) is 14.2 Å². The molecule has 0 atom stereocenters. The first-order valence-electron chi connectivity index (χ1n) is 5.63. The molecule has 2 rings (SSSR count). The molecule has 1 fully saturated rings. The molecular weight excluding hydrogens is 205 g/mol. The third kappa shape index (κ3) is 2.53. The first-order valence-corrected chi connectivity index (χ1v) is 5.63. The van der Waals surface area contributed by atoms with Crippen molar-refractivity contribution in [1.29, 1.82) is 0 Å². The standard InChI is InChI=1S/C12H15FO.CH5N/c1-3-9-8-10(12(13)6-7-12)4-5-11(9)14-2;1-2/h4-5,8H,3,6-7H2,1-2H3;2H2,1H3. The predicted octanol–water partition coefficient (Wildman–Crippen LogP) is 2.79. The van der Waals surface area contributed by atoms with Crippen LogP contribution in [-0.2, 0) is 12.1 Å². The summed E-state index contributed by atoms with van der Waals surface area (Å²) < 4.78 is 18.9. The zero-order valence-corrected chi connectivity index (χ0v) is 10.2.